The van der Waals surface area contributed by atoms with Crippen LogP contribution < -0.4 is 14.8 Å². The number of hydrogen-bond donors (Lipinski definition) is 1. The molecule has 0 aromatic heterocycles. The van der Waals surface area contributed by atoms with Crippen molar-refractivity contribution in [3.63, 3.8) is 0 Å². The highest BCUT2D eigenvalue weighted by atomic mass is 35.5. The Morgan fingerprint density at radius 2 is 2.04 bits per heavy atom. The molecule has 2 aromatic carbocycles. The van der Waals surface area contributed by atoms with Crippen molar-refractivity contribution in [2.75, 3.05) is 20.3 Å². The fourth-order valence-electron chi connectivity index (χ4n) is 3.65. The predicted molar refractivity (Wildman–Crippen MR) is 101 cm³/mol. The first kappa shape index (κ1) is 17.2. The Morgan fingerprint density at radius 1 is 1.27 bits per heavy atom. The van der Waals surface area contributed by atoms with Gasteiger partial charge in [-0.25, -0.2) is 0 Å². The molecule has 0 radical (unpaired) electrons. The maximum atomic E-state index is 12.7. The summed E-state index contributed by atoms with van der Waals surface area (Å²) in [5.41, 5.74) is 2.34. The van der Waals surface area contributed by atoms with Gasteiger partial charge in [-0.05, 0) is 48.6 Å². The van der Waals surface area contributed by atoms with Crippen molar-refractivity contribution in [2.24, 2.45) is 5.92 Å². The maximum Gasteiger partial charge on any atom is 0.226 e. The van der Waals surface area contributed by atoms with E-state index in [-0.39, 0.29) is 17.2 Å². The van der Waals surface area contributed by atoms with Gasteiger partial charge in [0.2, 0.25) is 5.91 Å². The largest absolute Gasteiger partial charge is 0.493 e. The summed E-state index contributed by atoms with van der Waals surface area (Å²) in [6.45, 7) is 1.04. The molecule has 1 fully saturated rings. The lowest BCUT2D eigenvalue weighted by Gasteiger charge is -2.26. The van der Waals surface area contributed by atoms with Gasteiger partial charge < -0.3 is 14.8 Å². The van der Waals surface area contributed by atoms with Crippen molar-refractivity contribution in [1.29, 1.82) is 0 Å². The van der Waals surface area contributed by atoms with E-state index in [1.165, 1.54) is 5.56 Å². The van der Waals surface area contributed by atoms with Crippen LogP contribution in [0, 0.1) is 5.92 Å². The van der Waals surface area contributed by atoms with Gasteiger partial charge in [-0.2, -0.15) is 0 Å². The van der Waals surface area contributed by atoms with Crippen LogP contribution >= 0.6 is 11.6 Å². The topological polar surface area (TPSA) is 47.6 Å². The summed E-state index contributed by atoms with van der Waals surface area (Å²) in [7, 11) is 1.63. The Labute approximate surface area is 158 Å². The highest BCUT2D eigenvalue weighted by Crippen LogP contribution is 2.48. The third-order valence-corrected chi connectivity index (χ3v) is 5.71. The molecular formula is C21H22ClNO3. The Bertz CT molecular complexity index is 815. The molecule has 26 heavy (non-hydrogen) atoms. The minimum absolute atomic E-state index is 0.0544. The SMILES string of the molecule is COc1cccc2c1OCC(C(=O)NCC1(c3ccc(Cl)cc3)CC1)C2. The summed E-state index contributed by atoms with van der Waals surface area (Å²) in [5.74, 6) is 1.37. The number of amides is 1. The molecule has 136 valence electrons. The number of nitrogens with one attached hydrogen (secondary N) is 1. The van der Waals surface area contributed by atoms with Crippen LogP contribution in [0.4, 0.5) is 0 Å². The first-order valence-electron chi connectivity index (χ1n) is 8.94. The lowest BCUT2D eigenvalue weighted by atomic mass is 9.93. The second-order valence-corrected chi connectivity index (χ2v) is 7.60. The number of ether oxygens (including phenoxy) is 2. The number of fused-ring (bicyclic) bond motifs is 1. The molecule has 1 heterocycles. The number of hydrogen-bond acceptors (Lipinski definition) is 3. The number of rotatable bonds is 5. The number of carbonyl (C=O) groups is 1. The van der Waals surface area contributed by atoms with Crippen molar-refractivity contribution in [3.05, 3.63) is 58.6 Å². The lowest BCUT2D eigenvalue weighted by molar-refractivity contribution is -0.126. The summed E-state index contributed by atoms with van der Waals surface area (Å²) in [5, 5.41) is 3.88. The van der Waals surface area contributed by atoms with E-state index in [0.29, 0.717) is 19.6 Å². The molecule has 1 aliphatic heterocycles. The summed E-state index contributed by atoms with van der Waals surface area (Å²) in [4.78, 5) is 12.7. The summed E-state index contributed by atoms with van der Waals surface area (Å²) in [6, 6.07) is 13.8. The van der Waals surface area contributed by atoms with Crippen molar-refractivity contribution in [3.8, 4) is 11.5 Å². The van der Waals surface area contributed by atoms with Crippen molar-refractivity contribution < 1.29 is 14.3 Å². The lowest BCUT2D eigenvalue weighted by Crippen LogP contribution is -2.40. The van der Waals surface area contributed by atoms with Crippen molar-refractivity contribution in [1.82, 2.24) is 5.32 Å². The van der Waals surface area contributed by atoms with Gasteiger partial charge in [0.05, 0.1) is 13.0 Å². The molecule has 1 N–H and O–H groups in total. The average Bonchev–Trinajstić information content (AvgIpc) is 3.46. The van der Waals surface area contributed by atoms with Crippen molar-refractivity contribution in [2.45, 2.75) is 24.7 Å². The van der Waals surface area contributed by atoms with E-state index in [1.54, 1.807) is 7.11 Å². The smallest absolute Gasteiger partial charge is 0.226 e. The summed E-state index contributed by atoms with van der Waals surface area (Å²) in [6.07, 6.45) is 2.86. The highest BCUT2D eigenvalue weighted by Gasteiger charge is 2.44. The summed E-state index contributed by atoms with van der Waals surface area (Å²) >= 11 is 5.98. The standard InChI is InChI=1S/C21H22ClNO3/c1-25-18-4-2-3-14-11-15(12-26-19(14)18)20(24)23-13-21(9-10-21)16-5-7-17(22)8-6-16/h2-8,15H,9-13H2,1H3,(H,23,24). The van der Waals surface area contributed by atoms with Gasteiger partial charge >= 0.3 is 0 Å². The van der Waals surface area contributed by atoms with Crippen LogP contribution in [-0.2, 0) is 16.6 Å². The molecule has 4 rings (SSSR count). The van der Waals surface area contributed by atoms with E-state index in [0.717, 1.165) is 34.9 Å². The van der Waals surface area contributed by atoms with Gasteiger partial charge in [0.15, 0.2) is 11.5 Å². The molecule has 1 amide bonds. The molecule has 5 heteroatoms. The minimum Gasteiger partial charge on any atom is -0.493 e. The van der Waals surface area contributed by atoms with Crippen LogP contribution in [0.5, 0.6) is 11.5 Å². The summed E-state index contributed by atoms with van der Waals surface area (Å²) < 4.78 is 11.2. The number of benzene rings is 2. The number of methoxy groups -OCH3 is 1. The van der Waals surface area contributed by atoms with E-state index in [4.69, 9.17) is 21.1 Å². The fourth-order valence-corrected chi connectivity index (χ4v) is 3.77. The minimum atomic E-state index is -0.171. The first-order valence-corrected chi connectivity index (χ1v) is 9.31. The molecule has 4 nitrogen and oxygen atoms in total. The average molecular weight is 372 g/mol. The molecule has 1 saturated carbocycles. The van der Waals surface area contributed by atoms with E-state index < -0.39 is 0 Å². The van der Waals surface area contributed by atoms with Crippen LogP contribution in [0.1, 0.15) is 24.0 Å². The predicted octanol–water partition coefficient (Wildman–Crippen LogP) is 3.75. The van der Waals surface area contributed by atoms with Crippen LogP contribution in [0.2, 0.25) is 5.02 Å². The van der Waals surface area contributed by atoms with E-state index in [2.05, 4.69) is 17.4 Å². The Morgan fingerprint density at radius 3 is 2.73 bits per heavy atom. The molecule has 1 unspecified atom stereocenters. The van der Waals surface area contributed by atoms with E-state index in [9.17, 15) is 4.79 Å². The van der Waals surface area contributed by atoms with Gasteiger partial charge in [0, 0.05) is 17.0 Å². The molecule has 1 aliphatic carbocycles. The molecule has 2 aliphatic rings. The second kappa shape index (κ2) is 6.84. The zero-order valence-corrected chi connectivity index (χ0v) is 15.5. The fraction of sp³-hybridized carbons (Fsp3) is 0.381. The quantitative estimate of drug-likeness (QED) is 0.870. The molecule has 2 aromatic rings. The normalized spacial score (nSPS) is 19.8. The van der Waals surface area contributed by atoms with Crippen molar-refractivity contribution >= 4 is 17.5 Å². The number of halogens is 1. The van der Waals surface area contributed by atoms with Crippen LogP contribution in [-0.4, -0.2) is 26.2 Å². The third-order valence-electron chi connectivity index (χ3n) is 5.46. The van der Waals surface area contributed by atoms with E-state index in [1.807, 2.05) is 30.3 Å². The van der Waals surface area contributed by atoms with Gasteiger partial charge in [0.25, 0.3) is 0 Å². The third kappa shape index (κ3) is 3.26. The molecule has 1 atom stereocenters. The molecule has 0 spiro atoms. The van der Waals surface area contributed by atoms with Crippen LogP contribution in [0.25, 0.3) is 0 Å². The van der Waals surface area contributed by atoms with Gasteiger partial charge in [-0.3, -0.25) is 4.79 Å². The molecule has 0 bridgehead atoms. The van der Waals surface area contributed by atoms with Gasteiger partial charge in [0.1, 0.15) is 6.61 Å². The Hall–Kier alpha value is -2.20. The Kier molecular flexibility index (Phi) is 4.53. The number of carbonyl (C=O) groups excluding carboxylic acids is 1. The maximum absolute atomic E-state index is 12.7. The zero-order chi connectivity index (χ0) is 18.1. The van der Waals surface area contributed by atoms with Crippen LogP contribution in [0.3, 0.4) is 0 Å². The second-order valence-electron chi connectivity index (χ2n) is 7.17. The van der Waals surface area contributed by atoms with Gasteiger partial charge in [-0.15, -0.1) is 0 Å². The number of para-hydroxylation sites is 1. The van der Waals surface area contributed by atoms with E-state index >= 15 is 0 Å². The molecule has 0 saturated heterocycles. The Balaban J connectivity index is 1.39. The first-order chi connectivity index (χ1) is 12.6. The van der Waals surface area contributed by atoms with Crippen LogP contribution in [0.15, 0.2) is 42.5 Å². The highest BCUT2D eigenvalue weighted by molar-refractivity contribution is 6.30. The zero-order valence-electron chi connectivity index (χ0n) is 14.8. The monoisotopic (exact) mass is 371 g/mol. The molecular weight excluding hydrogens is 350 g/mol. The van der Waals surface area contributed by atoms with Gasteiger partial charge in [-0.1, -0.05) is 35.9 Å².